The van der Waals surface area contributed by atoms with Crippen molar-refractivity contribution >= 4 is 40.7 Å². The molecule has 3 rings (SSSR count). The number of benzene rings is 2. The van der Waals surface area contributed by atoms with Crippen LogP contribution in [-0.4, -0.2) is 60.9 Å². The number of halogens is 2. The molecule has 30 heavy (non-hydrogen) atoms. The van der Waals surface area contributed by atoms with Gasteiger partial charge in [-0.15, -0.1) is 0 Å². The Hall–Kier alpha value is -2.59. The molecule has 0 bridgehead atoms. The van der Waals surface area contributed by atoms with E-state index in [0.29, 0.717) is 48.3 Å². The molecule has 0 aliphatic carbocycles. The number of rotatable bonds is 6. The molecule has 8 heteroatoms. The fourth-order valence-electron chi connectivity index (χ4n) is 3.39. The molecule has 1 aliphatic rings. The van der Waals surface area contributed by atoms with Gasteiger partial charge >= 0.3 is 0 Å². The third-order valence-corrected chi connectivity index (χ3v) is 5.54. The van der Waals surface area contributed by atoms with E-state index in [2.05, 4.69) is 6.07 Å². The van der Waals surface area contributed by atoms with E-state index in [1.165, 1.54) is 0 Å². The lowest BCUT2D eigenvalue weighted by molar-refractivity contribution is -0.120. The highest BCUT2D eigenvalue weighted by molar-refractivity contribution is 6.36. The van der Waals surface area contributed by atoms with E-state index in [9.17, 15) is 9.59 Å². The van der Waals surface area contributed by atoms with E-state index in [-0.39, 0.29) is 24.8 Å². The highest BCUT2D eigenvalue weighted by Gasteiger charge is 2.26. The van der Waals surface area contributed by atoms with Crippen LogP contribution in [0.15, 0.2) is 48.5 Å². The summed E-state index contributed by atoms with van der Waals surface area (Å²) in [5.41, 5.74) is 1.21. The molecule has 2 amide bonds. The number of nitrogens with zero attached hydrogens (tertiary/aromatic N) is 4. The Labute approximate surface area is 186 Å². The third kappa shape index (κ3) is 5.51. The van der Waals surface area contributed by atoms with E-state index in [1.807, 2.05) is 35.2 Å². The summed E-state index contributed by atoms with van der Waals surface area (Å²) in [6.45, 7) is 2.78. The van der Waals surface area contributed by atoms with Gasteiger partial charge in [0.15, 0.2) is 0 Å². The molecule has 1 saturated heterocycles. The van der Waals surface area contributed by atoms with Gasteiger partial charge in [0.1, 0.15) is 0 Å². The topological polar surface area (TPSA) is 67.7 Å². The second-order valence-corrected chi connectivity index (χ2v) is 7.83. The predicted octanol–water partition coefficient (Wildman–Crippen LogP) is 3.70. The molecule has 0 N–H and O–H groups in total. The number of hydrogen-bond donors (Lipinski definition) is 0. The lowest BCUT2D eigenvalue weighted by Gasteiger charge is -2.35. The van der Waals surface area contributed by atoms with Crippen LogP contribution in [0.2, 0.25) is 10.0 Å². The van der Waals surface area contributed by atoms with Gasteiger partial charge in [0.05, 0.1) is 29.6 Å². The lowest BCUT2D eigenvalue weighted by atomic mass is 10.1. The maximum absolute atomic E-state index is 12.9. The maximum atomic E-state index is 12.9. The summed E-state index contributed by atoms with van der Waals surface area (Å²) in [6.07, 6.45) is 0.269. The Morgan fingerprint density at radius 2 is 1.73 bits per heavy atom. The SMILES string of the molecule is N#CCCN(C(=O)CN1CCN(C(=O)c2ccc(Cl)cc2Cl)CC1)c1ccccc1. The molecule has 0 atom stereocenters. The van der Waals surface area contributed by atoms with E-state index in [1.54, 1.807) is 28.0 Å². The molecule has 1 aliphatic heterocycles. The van der Waals surface area contributed by atoms with Crippen molar-refractivity contribution in [3.8, 4) is 6.07 Å². The van der Waals surface area contributed by atoms with E-state index in [4.69, 9.17) is 28.5 Å². The number of para-hydroxylation sites is 1. The zero-order valence-electron chi connectivity index (χ0n) is 16.4. The second kappa shape index (κ2) is 10.4. The van der Waals surface area contributed by atoms with Gasteiger partial charge in [-0.1, -0.05) is 41.4 Å². The molecule has 0 spiro atoms. The Bertz CT molecular complexity index is 938. The van der Waals surface area contributed by atoms with Crippen LogP contribution < -0.4 is 4.90 Å². The minimum absolute atomic E-state index is 0.0584. The molecule has 0 unspecified atom stereocenters. The number of nitriles is 1. The van der Waals surface area contributed by atoms with Gasteiger partial charge in [0.25, 0.3) is 5.91 Å². The summed E-state index contributed by atoms with van der Waals surface area (Å²) < 4.78 is 0. The number of anilines is 1. The van der Waals surface area contributed by atoms with Crippen molar-refractivity contribution in [3.05, 3.63) is 64.1 Å². The Balaban J connectivity index is 1.58. The van der Waals surface area contributed by atoms with Crippen LogP contribution in [-0.2, 0) is 4.79 Å². The normalized spacial score (nSPS) is 14.2. The fraction of sp³-hybridized carbons (Fsp3) is 0.318. The average Bonchev–Trinajstić information content (AvgIpc) is 2.75. The fourth-order valence-corrected chi connectivity index (χ4v) is 3.88. The Morgan fingerprint density at radius 1 is 1.03 bits per heavy atom. The highest BCUT2D eigenvalue weighted by Crippen LogP contribution is 2.23. The highest BCUT2D eigenvalue weighted by atomic mass is 35.5. The van der Waals surface area contributed by atoms with Crippen molar-refractivity contribution in [2.24, 2.45) is 0 Å². The van der Waals surface area contributed by atoms with Crippen molar-refractivity contribution in [3.63, 3.8) is 0 Å². The third-order valence-electron chi connectivity index (χ3n) is 5.00. The monoisotopic (exact) mass is 444 g/mol. The van der Waals surface area contributed by atoms with Gasteiger partial charge in [0.2, 0.25) is 5.91 Å². The number of piperazine rings is 1. The first-order valence-corrected chi connectivity index (χ1v) is 10.4. The molecular formula is C22H22Cl2N4O2. The quantitative estimate of drug-likeness (QED) is 0.680. The van der Waals surface area contributed by atoms with Gasteiger partial charge in [-0.25, -0.2) is 0 Å². The minimum atomic E-state index is -0.137. The maximum Gasteiger partial charge on any atom is 0.255 e. The van der Waals surface area contributed by atoms with Crippen molar-refractivity contribution in [1.82, 2.24) is 9.80 Å². The van der Waals surface area contributed by atoms with Crippen LogP contribution in [0.25, 0.3) is 0 Å². The molecule has 2 aromatic rings. The number of carbonyl (C=O) groups is 2. The first kappa shape index (κ1) is 22.1. The van der Waals surface area contributed by atoms with Crippen LogP contribution in [0.4, 0.5) is 5.69 Å². The minimum Gasteiger partial charge on any atom is -0.336 e. The van der Waals surface area contributed by atoms with Crippen LogP contribution in [0, 0.1) is 11.3 Å². The van der Waals surface area contributed by atoms with Gasteiger partial charge in [-0.05, 0) is 30.3 Å². The molecule has 156 valence electrons. The molecule has 2 aromatic carbocycles. The van der Waals surface area contributed by atoms with Gasteiger partial charge in [-0.3, -0.25) is 14.5 Å². The van der Waals surface area contributed by atoms with Crippen molar-refractivity contribution in [2.45, 2.75) is 6.42 Å². The lowest BCUT2D eigenvalue weighted by Crippen LogP contribution is -2.51. The summed E-state index contributed by atoms with van der Waals surface area (Å²) in [6, 6.07) is 16.3. The zero-order valence-corrected chi connectivity index (χ0v) is 17.9. The van der Waals surface area contributed by atoms with Crippen LogP contribution in [0.3, 0.4) is 0 Å². The number of carbonyl (C=O) groups excluding carboxylic acids is 2. The number of hydrogen-bond acceptors (Lipinski definition) is 4. The molecule has 1 heterocycles. The van der Waals surface area contributed by atoms with Crippen LogP contribution in [0.1, 0.15) is 16.8 Å². The van der Waals surface area contributed by atoms with E-state index >= 15 is 0 Å². The predicted molar refractivity (Wildman–Crippen MR) is 118 cm³/mol. The Morgan fingerprint density at radius 3 is 2.37 bits per heavy atom. The molecule has 0 aromatic heterocycles. The Kier molecular flexibility index (Phi) is 7.69. The molecule has 1 fully saturated rings. The standard InChI is InChI=1S/C22H22Cl2N4O2/c23-17-7-8-19(20(24)15-17)22(30)27-13-11-26(12-14-27)16-21(29)28(10-4-9-25)18-5-2-1-3-6-18/h1-3,5-8,15H,4,10-14,16H2. The van der Waals surface area contributed by atoms with Crippen molar-refractivity contribution in [1.29, 1.82) is 5.26 Å². The first-order valence-electron chi connectivity index (χ1n) is 9.68. The van der Waals surface area contributed by atoms with Gasteiger partial charge < -0.3 is 9.80 Å². The van der Waals surface area contributed by atoms with Gasteiger partial charge in [0, 0.05) is 43.4 Å². The summed E-state index contributed by atoms with van der Waals surface area (Å²) in [5.74, 6) is -0.195. The smallest absolute Gasteiger partial charge is 0.255 e. The van der Waals surface area contributed by atoms with E-state index in [0.717, 1.165) is 5.69 Å². The number of amides is 2. The second-order valence-electron chi connectivity index (χ2n) is 6.98. The van der Waals surface area contributed by atoms with Gasteiger partial charge in [-0.2, -0.15) is 5.26 Å². The van der Waals surface area contributed by atoms with Crippen LogP contribution >= 0.6 is 23.2 Å². The largest absolute Gasteiger partial charge is 0.336 e. The molecule has 0 saturated carbocycles. The average molecular weight is 445 g/mol. The van der Waals surface area contributed by atoms with Crippen LogP contribution in [0.5, 0.6) is 0 Å². The zero-order chi connectivity index (χ0) is 21.5. The van der Waals surface area contributed by atoms with E-state index < -0.39 is 0 Å². The molecule has 0 radical (unpaired) electrons. The summed E-state index contributed by atoms with van der Waals surface area (Å²) in [7, 11) is 0. The summed E-state index contributed by atoms with van der Waals surface area (Å²) in [4.78, 5) is 31.1. The van der Waals surface area contributed by atoms with Crippen molar-refractivity contribution in [2.75, 3.05) is 44.2 Å². The summed E-state index contributed by atoms with van der Waals surface area (Å²) in [5, 5.41) is 9.74. The summed E-state index contributed by atoms with van der Waals surface area (Å²) >= 11 is 12.1. The first-order chi connectivity index (χ1) is 14.5. The molecular weight excluding hydrogens is 423 g/mol. The molecule has 6 nitrogen and oxygen atoms in total. The van der Waals surface area contributed by atoms with Crippen molar-refractivity contribution < 1.29 is 9.59 Å².